The maximum absolute atomic E-state index is 5.49. The Balaban J connectivity index is 1.97. The fraction of sp³-hybridized carbons (Fsp3) is 0.538. The lowest BCUT2D eigenvalue weighted by Gasteiger charge is -2.26. The maximum atomic E-state index is 5.49. The molecule has 0 bridgehead atoms. The highest BCUT2D eigenvalue weighted by atomic mass is 16.5. The molecule has 15 heavy (non-hydrogen) atoms. The van der Waals surface area contributed by atoms with Crippen LogP contribution in [-0.2, 0) is 11.3 Å². The van der Waals surface area contributed by atoms with E-state index in [9.17, 15) is 0 Å². The van der Waals surface area contributed by atoms with Crippen LogP contribution in [0.2, 0.25) is 0 Å². The van der Waals surface area contributed by atoms with Gasteiger partial charge in [-0.15, -0.1) is 0 Å². The number of hydrogen-bond acceptors (Lipinski definition) is 2. The highest BCUT2D eigenvalue weighted by molar-refractivity contribution is 5.14. The Bertz CT molecular complexity index is 286. The van der Waals surface area contributed by atoms with Gasteiger partial charge in [0.15, 0.2) is 0 Å². The molecule has 1 saturated heterocycles. The Morgan fingerprint density at radius 3 is 2.87 bits per heavy atom. The Morgan fingerprint density at radius 2 is 2.07 bits per heavy atom. The molecule has 1 aromatic rings. The lowest BCUT2D eigenvalue weighted by Crippen LogP contribution is -2.33. The summed E-state index contributed by atoms with van der Waals surface area (Å²) in [4.78, 5) is 2.50. The molecule has 0 spiro atoms. The second-order valence-corrected chi connectivity index (χ2v) is 4.21. The van der Waals surface area contributed by atoms with Crippen molar-refractivity contribution in [1.29, 1.82) is 0 Å². The minimum atomic E-state index is 0.632. The summed E-state index contributed by atoms with van der Waals surface area (Å²) in [6.07, 6.45) is 1.15. The molecule has 1 unspecified atom stereocenters. The molecule has 1 aliphatic heterocycles. The third-order valence-electron chi connectivity index (χ3n) is 3.05. The summed E-state index contributed by atoms with van der Waals surface area (Å²) in [7, 11) is 0. The summed E-state index contributed by atoms with van der Waals surface area (Å²) in [5.41, 5.74) is 1.39. The van der Waals surface area contributed by atoms with Gasteiger partial charge in [0.25, 0.3) is 0 Å². The average molecular weight is 205 g/mol. The van der Waals surface area contributed by atoms with Crippen molar-refractivity contribution in [2.45, 2.75) is 25.9 Å². The van der Waals surface area contributed by atoms with Crippen molar-refractivity contribution in [3.8, 4) is 0 Å². The number of hydrogen-bond donors (Lipinski definition) is 0. The van der Waals surface area contributed by atoms with E-state index < -0.39 is 0 Å². The van der Waals surface area contributed by atoms with E-state index >= 15 is 0 Å². The largest absolute Gasteiger partial charge is 0.380 e. The van der Waals surface area contributed by atoms with Gasteiger partial charge < -0.3 is 4.74 Å². The van der Waals surface area contributed by atoms with E-state index in [1.807, 2.05) is 0 Å². The van der Waals surface area contributed by atoms with Gasteiger partial charge in [0.05, 0.1) is 6.61 Å². The third-order valence-corrected chi connectivity index (χ3v) is 3.05. The first-order valence-corrected chi connectivity index (χ1v) is 5.72. The van der Waals surface area contributed by atoms with Gasteiger partial charge in [-0.3, -0.25) is 4.90 Å². The molecule has 1 aliphatic rings. The molecule has 1 atom stereocenters. The molecule has 2 rings (SSSR count). The van der Waals surface area contributed by atoms with Crippen molar-refractivity contribution in [2.75, 3.05) is 19.8 Å². The summed E-state index contributed by atoms with van der Waals surface area (Å²) < 4.78 is 5.49. The van der Waals surface area contributed by atoms with E-state index in [0.29, 0.717) is 6.04 Å². The number of nitrogens with zero attached hydrogens (tertiary/aromatic N) is 1. The van der Waals surface area contributed by atoms with Crippen LogP contribution in [-0.4, -0.2) is 30.7 Å². The minimum absolute atomic E-state index is 0.632. The first kappa shape index (κ1) is 10.7. The van der Waals surface area contributed by atoms with E-state index in [2.05, 4.69) is 42.2 Å². The van der Waals surface area contributed by atoms with Crippen LogP contribution < -0.4 is 0 Å². The van der Waals surface area contributed by atoms with Crippen LogP contribution in [0.1, 0.15) is 18.9 Å². The Hall–Kier alpha value is -0.860. The lowest BCUT2D eigenvalue weighted by molar-refractivity contribution is 0.139. The zero-order chi connectivity index (χ0) is 10.5. The molecule has 1 aromatic carbocycles. The standard InChI is InChI=1S/C13H19NO/c1-12-7-9-15-10-8-14(12)11-13-5-3-2-4-6-13/h2-6,12H,7-11H2,1H3. The zero-order valence-electron chi connectivity index (χ0n) is 9.36. The van der Waals surface area contributed by atoms with Crippen LogP contribution in [0.25, 0.3) is 0 Å². The quantitative estimate of drug-likeness (QED) is 0.734. The minimum Gasteiger partial charge on any atom is -0.380 e. The first-order valence-electron chi connectivity index (χ1n) is 5.72. The van der Waals surface area contributed by atoms with Gasteiger partial charge in [0.2, 0.25) is 0 Å². The van der Waals surface area contributed by atoms with Crippen molar-refractivity contribution in [3.05, 3.63) is 35.9 Å². The topological polar surface area (TPSA) is 12.5 Å². The molecule has 2 nitrogen and oxygen atoms in total. The molecular formula is C13H19NO. The molecule has 0 saturated carbocycles. The van der Waals surface area contributed by atoms with E-state index in [0.717, 1.165) is 32.7 Å². The summed E-state index contributed by atoms with van der Waals surface area (Å²) in [6, 6.07) is 11.3. The first-order chi connectivity index (χ1) is 7.36. The summed E-state index contributed by atoms with van der Waals surface area (Å²) in [5.74, 6) is 0. The number of benzene rings is 1. The van der Waals surface area contributed by atoms with Crippen LogP contribution in [0.4, 0.5) is 0 Å². The Labute approximate surface area is 91.9 Å². The maximum Gasteiger partial charge on any atom is 0.0593 e. The number of rotatable bonds is 2. The third kappa shape index (κ3) is 3.05. The van der Waals surface area contributed by atoms with Crippen LogP contribution in [0.3, 0.4) is 0 Å². The molecule has 1 fully saturated rings. The Kier molecular flexibility index (Phi) is 3.75. The normalized spacial score (nSPS) is 23.7. The van der Waals surface area contributed by atoms with E-state index in [1.165, 1.54) is 5.56 Å². The van der Waals surface area contributed by atoms with Gasteiger partial charge in [-0.2, -0.15) is 0 Å². The monoisotopic (exact) mass is 205 g/mol. The van der Waals surface area contributed by atoms with Gasteiger partial charge in [-0.1, -0.05) is 30.3 Å². The average Bonchev–Trinajstić information content (AvgIpc) is 2.46. The molecule has 2 heteroatoms. The van der Waals surface area contributed by atoms with Crippen LogP contribution in [0.5, 0.6) is 0 Å². The lowest BCUT2D eigenvalue weighted by atomic mass is 10.1. The van der Waals surface area contributed by atoms with Gasteiger partial charge in [0.1, 0.15) is 0 Å². The molecule has 0 amide bonds. The molecule has 0 N–H and O–H groups in total. The second-order valence-electron chi connectivity index (χ2n) is 4.21. The molecule has 0 radical (unpaired) electrons. The van der Waals surface area contributed by atoms with Crippen molar-refractivity contribution in [1.82, 2.24) is 4.90 Å². The van der Waals surface area contributed by atoms with Crippen molar-refractivity contribution < 1.29 is 4.74 Å². The molecule has 1 heterocycles. The zero-order valence-corrected chi connectivity index (χ0v) is 9.36. The summed E-state index contributed by atoms with van der Waals surface area (Å²) >= 11 is 0. The Morgan fingerprint density at radius 1 is 1.27 bits per heavy atom. The van der Waals surface area contributed by atoms with Crippen LogP contribution in [0, 0.1) is 0 Å². The van der Waals surface area contributed by atoms with Gasteiger partial charge in [-0.05, 0) is 18.9 Å². The fourth-order valence-corrected chi connectivity index (χ4v) is 1.99. The van der Waals surface area contributed by atoms with Crippen molar-refractivity contribution in [2.24, 2.45) is 0 Å². The summed E-state index contributed by atoms with van der Waals surface area (Å²) in [6.45, 7) is 6.17. The van der Waals surface area contributed by atoms with E-state index in [-0.39, 0.29) is 0 Å². The van der Waals surface area contributed by atoms with Gasteiger partial charge in [-0.25, -0.2) is 0 Å². The van der Waals surface area contributed by atoms with Gasteiger partial charge in [0, 0.05) is 25.7 Å². The predicted molar refractivity (Wildman–Crippen MR) is 61.8 cm³/mol. The van der Waals surface area contributed by atoms with E-state index in [1.54, 1.807) is 0 Å². The fourth-order valence-electron chi connectivity index (χ4n) is 1.99. The number of ether oxygens (including phenoxy) is 1. The molecule has 82 valence electrons. The molecule has 0 aliphatic carbocycles. The predicted octanol–water partition coefficient (Wildman–Crippen LogP) is 2.30. The van der Waals surface area contributed by atoms with Gasteiger partial charge >= 0.3 is 0 Å². The molecular weight excluding hydrogens is 186 g/mol. The van der Waals surface area contributed by atoms with Crippen LogP contribution in [0.15, 0.2) is 30.3 Å². The van der Waals surface area contributed by atoms with Crippen molar-refractivity contribution in [3.63, 3.8) is 0 Å². The SMILES string of the molecule is CC1CCOCCN1Cc1ccccc1. The smallest absolute Gasteiger partial charge is 0.0593 e. The highest BCUT2D eigenvalue weighted by Gasteiger charge is 2.16. The summed E-state index contributed by atoms with van der Waals surface area (Å²) in [5, 5.41) is 0. The van der Waals surface area contributed by atoms with E-state index in [4.69, 9.17) is 4.74 Å². The second kappa shape index (κ2) is 5.29. The van der Waals surface area contributed by atoms with Crippen molar-refractivity contribution >= 4 is 0 Å². The highest BCUT2D eigenvalue weighted by Crippen LogP contribution is 2.12. The van der Waals surface area contributed by atoms with Crippen LogP contribution >= 0.6 is 0 Å². The molecule has 0 aromatic heterocycles.